The number of aryl methyl sites for hydroxylation is 1. The van der Waals surface area contributed by atoms with E-state index in [0.29, 0.717) is 46.5 Å². The van der Waals surface area contributed by atoms with Gasteiger partial charge in [-0.05, 0) is 37.6 Å². The summed E-state index contributed by atoms with van der Waals surface area (Å²) in [6.07, 6.45) is 7.69. The number of ether oxygens (including phenoxy) is 3. The molecule has 2 aromatic heterocycles. The van der Waals surface area contributed by atoms with Crippen LogP contribution >= 0.6 is 0 Å². The number of nitrogens with zero attached hydrogens (tertiary/aromatic N) is 4. The van der Waals surface area contributed by atoms with Gasteiger partial charge < -0.3 is 24.1 Å². The summed E-state index contributed by atoms with van der Waals surface area (Å²) in [5.74, 6) is 3.72. The molecule has 9 heteroatoms. The van der Waals surface area contributed by atoms with Crippen LogP contribution in [0.2, 0.25) is 0 Å². The molecule has 192 valence electrons. The second-order valence-corrected chi connectivity index (χ2v) is 9.12. The number of terminal acetylenes is 1. The molecule has 2 aromatic carbocycles. The maximum absolute atomic E-state index is 15.1. The summed E-state index contributed by atoms with van der Waals surface area (Å²) in [5, 5.41) is 1.07. The molecule has 1 saturated heterocycles. The number of hydrogen-bond acceptors (Lipinski definition) is 7. The Kier molecular flexibility index (Phi) is 7.40. The highest BCUT2D eigenvalue weighted by molar-refractivity contribution is 5.87. The number of piperazine rings is 1. The van der Waals surface area contributed by atoms with Crippen LogP contribution in [-0.2, 0) is 0 Å². The predicted molar refractivity (Wildman–Crippen MR) is 141 cm³/mol. The van der Waals surface area contributed by atoms with Gasteiger partial charge in [0.15, 0.2) is 23.1 Å². The molecule has 5 rings (SSSR count). The molecule has 4 aromatic rings. The van der Waals surface area contributed by atoms with Crippen LogP contribution in [0.1, 0.15) is 12.1 Å². The minimum Gasteiger partial charge on any atom is -0.493 e. The van der Waals surface area contributed by atoms with Crippen molar-refractivity contribution < 1.29 is 18.6 Å². The van der Waals surface area contributed by atoms with Crippen LogP contribution in [0.4, 0.5) is 4.39 Å². The summed E-state index contributed by atoms with van der Waals surface area (Å²) >= 11 is 0. The lowest BCUT2D eigenvalue weighted by atomic mass is 10.2. The first-order chi connectivity index (χ1) is 18.1. The Hall–Kier alpha value is -3.87. The minimum atomic E-state index is -0.446. The van der Waals surface area contributed by atoms with Crippen molar-refractivity contribution in [1.29, 1.82) is 0 Å². The van der Waals surface area contributed by atoms with E-state index in [1.165, 1.54) is 6.33 Å². The summed E-state index contributed by atoms with van der Waals surface area (Å²) in [7, 11) is 1.58. The van der Waals surface area contributed by atoms with E-state index in [4.69, 9.17) is 20.6 Å². The van der Waals surface area contributed by atoms with E-state index in [2.05, 4.69) is 30.7 Å². The van der Waals surface area contributed by atoms with E-state index < -0.39 is 5.82 Å². The molecule has 3 heterocycles. The molecule has 1 fully saturated rings. The van der Waals surface area contributed by atoms with Gasteiger partial charge in [-0.2, -0.15) is 0 Å². The van der Waals surface area contributed by atoms with Crippen LogP contribution in [-0.4, -0.2) is 77.7 Å². The van der Waals surface area contributed by atoms with Crippen LogP contribution in [0.5, 0.6) is 23.1 Å². The number of halogens is 1. The van der Waals surface area contributed by atoms with Gasteiger partial charge in [0.05, 0.1) is 31.2 Å². The largest absolute Gasteiger partial charge is 0.493 e. The number of rotatable bonds is 9. The lowest BCUT2D eigenvalue weighted by molar-refractivity contribution is 0.136. The van der Waals surface area contributed by atoms with Crippen molar-refractivity contribution in [3.05, 3.63) is 48.2 Å². The van der Waals surface area contributed by atoms with Gasteiger partial charge >= 0.3 is 0 Å². The lowest BCUT2D eigenvalue weighted by Crippen LogP contribution is -2.46. The molecule has 37 heavy (non-hydrogen) atoms. The number of methoxy groups -OCH3 is 1. The van der Waals surface area contributed by atoms with Gasteiger partial charge in [0.25, 0.3) is 0 Å². The molecule has 1 aliphatic rings. The zero-order valence-electron chi connectivity index (χ0n) is 21.1. The van der Waals surface area contributed by atoms with Crippen LogP contribution in [0.15, 0.2) is 36.7 Å². The second-order valence-electron chi connectivity index (χ2n) is 9.12. The van der Waals surface area contributed by atoms with Gasteiger partial charge in [0, 0.05) is 55.4 Å². The van der Waals surface area contributed by atoms with Crippen molar-refractivity contribution in [2.45, 2.75) is 13.3 Å². The third-order valence-corrected chi connectivity index (χ3v) is 6.58. The Morgan fingerprint density at radius 3 is 2.62 bits per heavy atom. The lowest BCUT2D eigenvalue weighted by Gasteiger charge is -2.33. The monoisotopic (exact) mass is 503 g/mol. The fraction of sp³-hybridized carbons (Fsp3) is 0.357. The third-order valence-electron chi connectivity index (χ3n) is 6.58. The molecule has 0 amide bonds. The summed E-state index contributed by atoms with van der Waals surface area (Å²) in [4.78, 5) is 16.5. The summed E-state index contributed by atoms with van der Waals surface area (Å²) in [6.45, 7) is 8.11. The molecule has 0 aliphatic carbocycles. The Balaban J connectivity index is 1.27. The maximum Gasteiger partial charge on any atom is 0.230 e. The van der Waals surface area contributed by atoms with Gasteiger partial charge in [-0.25, -0.2) is 14.4 Å². The normalized spacial score (nSPS) is 14.6. The fourth-order valence-corrected chi connectivity index (χ4v) is 4.64. The van der Waals surface area contributed by atoms with E-state index in [9.17, 15) is 0 Å². The Morgan fingerprint density at radius 2 is 1.84 bits per heavy atom. The molecule has 8 nitrogen and oxygen atoms in total. The van der Waals surface area contributed by atoms with Crippen molar-refractivity contribution >= 4 is 21.8 Å². The van der Waals surface area contributed by atoms with Crippen LogP contribution in [0, 0.1) is 25.1 Å². The molecule has 0 unspecified atom stereocenters. The van der Waals surface area contributed by atoms with E-state index in [-0.39, 0.29) is 11.6 Å². The highest BCUT2D eigenvalue weighted by Gasteiger charge is 2.18. The van der Waals surface area contributed by atoms with E-state index in [0.717, 1.165) is 44.8 Å². The maximum atomic E-state index is 15.1. The third kappa shape index (κ3) is 5.45. The van der Waals surface area contributed by atoms with Gasteiger partial charge in [-0.15, -0.1) is 6.42 Å². The van der Waals surface area contributed by atoms with Gasteiger partial charge in [-0.3, -0.25) is 4.90 Å². The summed E-state index contributed by atoms with van der Waals surface area (Å²) in [5.41, 5.74) is 2.20. The first-order valence-electron chi connectivity index (χ1n) is 12.3. The summed E-state index contributed by atoms with van der Waals surface area (Å²) in [6, 6.07) is 8.69. The molecule has 1 N–H and O–H groups in total. The minimum absolute atomic E-state index is 0.0888. The number of H-pyrrole nitrogens is 1. The molecule has 0 spiro atoms. The SMILES string of the molecule is C#CCN1CCN(CCCOc2cc3ncnc(Oc4ccc5[nH]c(C)cc5c4F)c3cc2OC)CC1. The predicted octanol–water partition coefficient (Wildman–Crippen LogP) is 4.38. The molecule has 0 bridgehead atoms. The van der Waals surface area contributed by atoms with Crippen molar-refractivity contribution in [1.82, 2.24) is 24.8 Å². The highest BCUT2D eigenvalue weighted by atomic mass is 19.1. The van der Waals surface area contributed by atoms with Gasteiger partial charge in [0.1, 0.15) is 6.33 Å². The van der Waals surface area contributed by atoms with E-state index in [1.807, 2.05) is 6.92 Å². The van der Waals surface area contributed by atoms with Crippen molar-refractivity contribution in [2.75, 3.05) is 53.0 Å². The van der Waals surface area contributed by atoms with Crippen molar-refractivity contribution in [2.24, 2.45) is 0 Å². The quantitative estimate of drug-likeness (QED) is 0.268. The van der Waals surface area contributed by atoms with Gasteiger partial charge in [0.2, 0.25) is 5.88 Å². The average molecular weight is 504 g/mol. The van der Waals surface area contributed by atoms with Gasteiger partial charge in [-0.1, -0.05) is 5.92 Å². The number of benzene rings is 2. The molecular formula is C28H30FN5O3. The van der Waals surface area contributed by atoms with Crippen molar-refractivity contribution in [3.8, 4) is 35.5 Å². The number of aromatic nitrogens is 3. The molecule has 0 atom stereocenters. The zero-order chi connectivity index (χ0) is 25.8. The molecule has 1 aliphatic heterocycles. The number of aromatic amines is 1. The van der Waals surface area contributed by atoms with Crippen LogP contribution in [0.25, 0.3) is 21.8 Å². The first kappa shape index (κ1) is 24.8. The highest BCUT2D eigenvalue weighted by Crippen LogP contribution is 2.37. The Bertz CT molecular complexity index is 1440. The summed E-state index contributed by atoms with van der Waals surface area (Å²) < 4.78 is 32.6. The number of fused-ring (bicyclic) bond motifs is 2. The average Bonchev–Trinajstić information content (AvgIpc) is 3.30. The standard InChI is InChI=1S/C28H30FN5O3/c1-4-8-33-10-12-34(13-11-33)9-5-14-36-26-17-23-21(16-25(26)35-3)28(31-18-30-23)37-24-7-6-22-20(27(24)29)15-19(2)32-22/h1,6-7,15-18,32H,5,8-14H2,2-3H3. The molecule has 0 saturated carbocycles. The smallest absolute Gasteiger partial charge is 0.230 e. The zero-order valence-corrected chi connectivity index (χ0v) is 21.1. The number of hydrogen-bond donors (Lipinski definition) is 1. The Labute approximate surface area is 215 Å². The molecular weight excluding hydrogens is 473 g/mol. The van der Waals surface area contributed by atoms with E-state index >= 15 is 4.39 Å². The fourth-order valence-electron chi connectivity index (χ4n) is 4.64. The van der Waals surface area contributed by atoms with E-state index in [1.54, 1.807) is 37.4 Å². The molecule has 0 radical (unpaired) electrons. The second kappa shape index (κ2) is 11.0. The van der Waals surface area contributed by atoms with Crippen LogP contribution < -0.4 is 14.2 Å². The first-order valence-corrected chi connectivity index (χ1v) is 12.3. The Morgan fingerprint density at radius 1 is 1.03 bits per heavy atom. The number of nitrogens with one attached hydrogen (secondary N) is 1. The van der Waals surface area contributed by atoms with Crippen LogP contribution in [0.3, 0.4) is 0 Å². The van der Waals surface area contributed by atoms with Crippen molar-refractivity contribution in [3.63, 3.8) is 0 Å². The topological polar surface area (TPSA) is 75.7 Å².